The normalized spacial score (nSPS) is 34.1. The Morgan fingerprint density at radius 2 is 1.27 bits per heavy atom. The Labute approximate surface area is 95.4 Å². The molecule has 0 N–H and O–H groups in total. The van der Waals surface area contributed by atoms with Gasteiger partial charge < -0.3 is 0 Å². The van der Waals surface area contributed by atoms with E-state index in [1.807, 2.05) is 0 Å². The highest BCUT2D eigenvalue weighted by atomic mass is 32.2. The lowest BCUT2D eigenvalue weighted by molar-refractivity contribution is -0.0368. The number of rotatable bonds is 0. The van der Waals surface area contributed by atoms with Crippen LogP contribution in [0.25, 0.3) is 0 Å². The molecule has 1 heterocycles. The molecule has 2 unspecified atom stereocenters. The summed E-state index contributed by atoms with van der Waals surface area (Å²) in [5.41, 5.74) is 0.00583. The van der Waals surface area contributed by atoms with E-state index in [0.717, 1.165) is 6.42 Å². The molecule has 90 valence electrons. The molecule has 0 spiro atoms. The molecule has 1 aliphatic rings. The van der Waals surface area contributed by atoms with E-state index < -0.39 is 11.4 Å². The van der Waals surface area contributed by atoms with Crippen LogP contribution in [0, 0.1) is 10.8 Å². The van der Waals surface area contributed by atoms with Crippen LogP contribution in [0.4, 0.5) is 0 Å². The van der Waals surface area contributed by atoms with Crippen molar-refractivity contribution in [2.24, 2.45) is 10.8 Å². The Kier molecular flexibility index (Phi) is 3.63. The van der Waals surface area contributed by atoms with Crippen molar-refractivity contribution in [3.8, 4) is 0 Å². The second kappa shape index (κ2) is 4.15. The summed E-state index contributed by atoms with van der Waals surface area (Å²) in [6.07, 6.45) is 0.797. The Balaban J connectivity index is 2.77. The van der Waals surface area contributed by atoms with Gasteiger partial charge in [0.05, 0.1) is 12.2 Å². The van der Waals surface area contributed by atoms with Gasteiger partial charge in [0, 0.05) is 6.42 Å². The third-order valence-electron chi connectivity index (χ3n) is 2.75. The summed E-state index contributed by atoms with van der Waals surface area (Å²) in [4.78, 5) is 0. The van der Waals surface area contributed by atoms with Gasteiger partial charge in [-0.25, -0.2) is 0 Å². The van der Waals surface area contributed by atoms with Crippen molar-refractivity contribution < 1.29 is 12.6 Å². The molecule has 0 aromatic rings. The van der Waals surface area contributed by atoms with Gasteiger partial charge in [0.15, 0.2) is 0 Å². The van der Waals surface area contributed by atoms with E-state index in [1.165, 1.54) is 0 Å². The molecule has 4 heteroatoms. The zero-order chi connectivity index (χ0) is 11.9. The first kappa shape index (κ1) is 13.1. The van der Waals surface area contributed by atoms with Gasteiger partial charge in [-0.2, -0.15) is 4.21 Å². The molecule has 0 aliphatic carbocycles. The lowest BCUT2D eigenvalue weighted by atomic mass is 9.79. The molecule has 0 aromatic heterocycles. The van der Waals surface area contributed by atoms with E-state index in [1.54, 1.807) is 0 Å². The van der Waals surface area contributed by atoms with E-state index in [9.17, 15) is 4.21 Å². The van der Waals surface area contributed by atoms with Gasteiger partial charge in [-0.3, -0.25) is 8.37 Å². The molecule has 0 bridgehead atoms. The van der Waals surface area contributed by atoms with Crippen LogP contribution >= 0.6 is 0 Å². The van der Waals surface area contributed by atoms with Crippen molar-refractivity contribution in [1.29, 1.82) is 0 Å². The highest BCUT2D eigenvalue weighted by molar-refractivity contribution is 7.75. The zero-order valence-corrected chi connectivity index (χ0v) is 11.3. The predicted octanol–water partition coefficient (Wildman–Crippen LogP) is 2.83. The Hall–Kier alpha value is 0.0700. The van der Waals surface area contributed by atoms with Crippen LogP contribution in [0.5, 0.6) is 0 Å². The maximum absolute atomic E-state index is 11.4. The molecular formula is C11H22O3S. The van der Waals surface area contributed by atoms with Crippen molar-refractivity contribution in [3.63, 3.8) is 0 Å². The Morgan fingerprint density at radius 1 is 0.933 bits per heavy atom. The van der Waals surface area contributed by atoms with E-state index in [0.29, 0.717) is 0 Å². The van der Waals surface area contributed by atoms with Crippen LogP contribution in [0.3, 0.4) is 0 Å². The first-order valence-corrected chi connectivity index (χ1v) is 6.37. The van der Waals surface area contributed by atoms with Crippen molar-refractivity contribution in [2.75, 3.05) is 0 Å². The van der Waals surface area contributed by atoms with Crippen LogP contribution in [-0.2, 0) is 19.7 Å². The molecule has 0 radical (unpaired) electrons. The minimum atomic E-state index is -1.59. The summed E-state index contributed by atoms with van der Waals surface area (Å²) in [6, 6.07) is 0. The maximum Gasteiger partial charge on any atom is 0.305 e. The lowest BCUT2D eigenvalue weighted by Crippen LogP contribution is -2.44. The van der Waals surface area contributed by atoms with E-state index in [4.69, 9.17) is 8.37 Å². The molecule has 1 fully saturated rings. The first-order valence-electron chi connectivity index (χ1n) is 5.37. The standard InChI is InChI=1S/C11H22O3S/c1-10(2,3)8-7-9(11(4,5)6)14-15(12)13-8/h8-9H,7H2,1-6H3. The van der Waals surface area contributed by atoms with E-state index in [2.05, 4.69) is 41.5 Å². The summed E-state index contributed by atoms with van der Waals surface area (Å²) >= 11 is -1.59. The molecule has 1 aliphatic heterocycles. The Bertz CT molecular complexity index is 226. The fraction of sp³-hybridized carbons (Fsp3) is 1.00. The molecule has 1 saturated heterocycles. The van der Waals surface area contributed by atoms with Gasteiger partial charge in [0.25, 0.3) is 0 Å². The topological polar surface area (TPSA) is 35.5 Å². The van der Waals surface area contributed by atoms with Crippen molar-refractivity contribution in [1.82, 2.24) is 0 Å². The van der Waals surface area contributed by atoms with E-state index >= 15 is 0 Å². The smallest absolute Gasteiger partial charge is 0.264 e. The summed E-state index contributed by atoms with van der Waals surface area (Å²) in [6.45, 7) is 12.6. The third-order valence-corrected chi connectivity index (χ3v) is 3.53. The van der Waals surface area contributed by atoms with E-state index in [-0.39, 0.29) is 23.0 Å². The number of hydrogen-bond acceptors (Lipinski definition) is 3. The van der Waals surface area contributed by atoms with Crippen molar-refractivity contribution >= 4 is 11.4 Å². The minimum Gasteiger partial charge on any atom is -0.264 e. The summed E-state index contributed by atoms with van der Waals surface area (Å²) < 4.78 is 22.1. The highest BCUT2D eigenvalue weighted by Crippen LogP contribution is 2.37. The third kappa shape index (κ3) is 3.54. The summed E-state index contributed by atoms with van der Waals surface area (Å²) in [5.74, 6) is 0. The van der Waals surface area contributed by atoms with Crippen LogP contribution in [0.15, 0.2) is 0 Å². The summed E-state index contributed by atoms with van der Waals surface area (Å²) in [5, 5.41) is 0. The van der Waals surface area contributed by atoms with Crippen molar-refractivity contribution in [3.05, 3.63) is 0 Å². The van der Waals surface area contributed by atoms with Gasteiger partial charge in [0.2, 0.25) is 0 Å². The quantitative estimate of drug-likeness (QED) is 0.646. The predicted molar refractivity (Wildman–Crippen MR) is 61.4 cm³/mol. The molecule has 0 amide bonds. The highest BCUT2D eigenvalue weighted by Gasteiger charge is 2.40. The second-order valence-electron chi connectivity index (χ2n) is 6.34. The molecule has 0 saturated carbocycles. The SMILES string of the molecule is CC(C)(C)C1CC(C(C)(C)C)OS(=O)O1. The van der Waals surface area contributed by atoms with Crippen LogP contribution in [0.2, 0.25) is 0 Å². The molecule has 2 atom stereocenters. The van der Waals surface area contributed by atoms with Gasteiger partial charge in [-0.1, -0.05) is 41.5 Å². The number of hydrogen-bond donors (Lipinski definition) is 0. The molecule has 15 heavy (non-hydrogen) atoms. The first-order chi connectivity index (χ1) is 6.60. The van der Waals surface area contributed by atoms with Gasteiger partial charge in [0.1, 0.15) is 0 Å². The fourth-order valence-corrected chi connectivity index (χ4v) is 2.64. The Morgan fingerprint density at radius 3 is 1.53 bits per heavy atom. The zero-order valence-electron chi connectivity index (χ0n) is 10.5. The fourth-order valence-electron chi connectivity index (χ4n) is 1.48. The lowest BCUT2D eigenvalue weighted by Gasteiger charge is -2.40. The molecule has 0 aromatic carbocycles. The molecular weight excluding hydrogens is 212 g/mol. The largest absolute Gasteiger partial charge is 0.305 e. The van der Waals surface area contributed by atoms with Crippen molar-refractivity contribution in [2.45, 2.75) is 60.2 Å². The second-order valence-corrected chi connectivity index (χ2v) is 7.13. The maximum atomic E-state index is 11.4. The molecule has 1 rings (SSSR count). The van der Waals surface area contributed by atoms with Gasteiger partial charge >= 0.3 is 11.4 Å². The monoisotopic (exact) mass is 234 g/mol. The van der Waals surface area contributed by atoms with Crippen LogP contribution in [-0.4, -0.2) is 16.4 Å². The average molecular weight is 234 g/mol. The van der Waals surface area contributed by atoms with Gasteiger partial charge in [-0.15, -0.1) is 0 Å². The molecule has 3 nitrogen and oxygen atoms in total. The van der Waals surface area contributed by atoms with Crippen LogP contribution in [0.1, 0.15) is 48.0 Å². The summed E-state index contributed by atoms with van der Waals surface area (Å²) in [7, 11) is 0. The van der Waals surface area contributed by atoms with Gasteiger partial charge in [-0.05, 0) is 10.8 Å². The minimum absolute atomic E-state index is 0.00292. The van der Waals surface area contributed by atoms with Crippen LogP contribution < -0.4 is 0 Å². The average Bonchev–Trinajstić information content (AvgIpc) is 1.99.